The van der Waals surface area contributed by atoms with Crippen LogP contribution in [0.4, 0.5) is 0 Å². The van der Waals surface area contributed by atoms with Gasteiger partial charge in [-0.05, 0) is 0 Å². The van der Waals surface area contributed by atoms with Gasteiger partial charge in [0.15, 0.2) is 0 Å². The third-order valence-corrected chi connectivity index (χ3v) is 0. The van der Waals surface area contributed by atoms with Crippen LogP contribution in [0.15, 0.2) is 0 Å². The Morgan fingerprint density at radius 2 is 0.667 bits per heavy atom. The fourth-order valence-electron chi connectivity index (χ4n) is 0. The molecule has 0 heterocycles. The zero-order valence-electron chi connectivity index (χ0n) is 2.39. The summed E-state index contributed by atoms with van der Waals surface area (Å²) in [6.45, 7) is 0. The molecule has 0 rings (SSSR count). The van der Waals surface area contributed by atoms with Crippen molar-refractivity contribution in [2.45, 2.75) is 0 Å². The minimum absolute atomic E-state index is 2.54. The third kappa shape index (κ3) is 27.4. The van der Waals surface area contributed by atoms with E-state index in [1.54, 1.807) is 0 Å². The van der Waals surface area contributed by atoms with Gasteiger partial charge in [0.2, 0.25) is 0 Å². The number of hydrogen-bond acceptors (Lipinski definition) is 0. The molecule has 0 aliphatic heterocycles. The molecule has 0 nitrogen and oxygen atoms in total. The van der Waals surface area contributed by atoms with Gasteiger partial charge in [-0.1, -0.05) is 0 Å². The topological polar surface area (TPSA) is 0 Å². The van der Waals surface area contributed by atoms with E-state index >= 15 is 0 Å². The van der Waals surface area contributed by atoms with E-state index in [2.05, 4.69) is 65.8 Å². The van der Waals surface area contributed by atoms with Gasteiger partial charge in [0, 0.05) is 0 Å². The maximum absolute atomic E-state index is 3.34. The Labute approximate surface area is 69.0 Å². The molecule has 0 aromatic carbocycles. The molecule has 0 bridgehead atoms. The average Bonchev–Trinajstić information content (AvgIpc) is 0.650. The molecular weight excluding hydrogens is 447 g/mol. The number of halogens is 5. The molecule has 0 amide bonds. The third-order valence-electron chi connectivity index (χ3n) is 0. The Morgan fingerprint density at radius 3 is 0.667 bits per heavy atom. The normalized spacial score (nSPS) is 19.2. The maximum atomic E-state index is 3.34. The first-order valence-corrected chi connectivity index (χ1v) is 20.2. The average molecular weight is 447 g/mol. The molecule has 0 fully saturated rings. The molecule has 0 N–H and O–H groups in total. The van der Waals surface area contributed by atoms with Crippen molar-refractivity contribution in [3.05, 3.63) is 0 Å². The van der Waals surface area contributed by atoms with Crippen molar-refractivity contribution in [1.82, 2.24) is 0 Å². The molecule has 0 aliphatic carbocycles. The molecule has 0 atom stereocenters. The van der Waals surface area contributed by atoms with Crippen LogP contribution in [0, 0.1) is 0 Å². The van der Waals surface area contributed by atoms with Gasteiger partial charge < -0.3 is 0 Å². The molecule has 0 aromatic rings. The molecule has 0 aromatic heterocycles. The van der Waals surface area contributed by atoms with Crippen LogP contribution in [0.2, 0.25) is 0 Å². The fourth-order valence-corrected chi connectivity index (χ4v) is 0. The van der Waals surface area contributed by atoms with Crippen molar-refractivity contribution in [1.29, 1.82) is 0 Å². The van der Waals surface area contributed by atoms with Crippen molar-refractivity contribution >= 4 is 65.8 Å². The predicted molar refractivity (Wildman–Crippen MR) is 44.6 cm³/mol. The van der Waals surface area contributed by atoms with Crippen LogP contribution in [0.5, 0.6) is 0 Å². The van der Waals surface area contributed by atoms with Crippen molar-refractivity contribution in [2.24, 2.45) is 0 Å². The van der Waals surface area contributed by atoms with Crippen molar-refractivity contribution < 1.29 is 4.83 Å². The van der Waals surface area contributed by atoms with Gasteiger partial charge >= 0.3 is 70.6 Å². The summed E-state index contributed by atoms with van der Waals surface area (Å²) in [6.07, 6.45) is 0. The van der Waals surface area contributed by atoms with E-state index in [1.807, 2.05) is 0 Å². The molecule has 0 saturated heterocycles. The molecule has 6 heteroatoms. The second-order valence-corrected chi connectivity index (χ2v) is 79.5. The van der Waals surface area contributed by atoms with Crippen LogP contribution in [-0.2, 0) is 4.83 Å². The Balaban J connectivity index is 3.73. The van der Waals surface area contributed by atoms with Crippen molar-refractivity contribution in [2.75, 3.05) is 0 Å². The van der Waals surface area contributed by atoms with Crippen molar-refractivity contribution in [3.63, 3.8) is 0 Å². The fraction of sp³-hybridized carbons (Fsp3) is 0. The molecule has 0 spiro atoms. The summed E-state index contributed by atoms with van der Waals surface area (Å²) in [5.74, 6) is 0. The summed E-state index contributed by atoms with van der Waals surface area (Å²) in [5, 5.41) is 0. The summed E-state index contributed by atoms with van der Waals surface area (Å²) >= 11 is 16.7. The quantitative estimate of drug-likeness (QED) is 0.488. The van der Waals surface area contributed by atoms with Crippen LogP contribution in [0.1, 0.15) is 0 Å². The van der Waals surface area contributed by atoms with Crippen LogP contribution < -0.4 is 0 Å². The minimum atomic E-state index is -2.54. The zero-order valence-corrected chi connectivity index (χ0v) is 11.9. The standard InChI is InChI=1S/5BrH.Ti/h5*1H;/q;;;;;+5/p-5. The summed E-state index contributed by atoms with van der Waals surface area (Å²) in [5.41, 5.74) is 0. The van der Waals surface area contributed by atoms with E-state index in [4.69, 9.17) is 0 Å². The van der Waals surface area contributed by atoms with E-state index in [0.717, 1.165) is 0 Å². The number of hydrogen-bond donors (Lipinski definition) is 0. The van der Waals surface area contributed by atoms with Gasteiger partial charge in [0.05, 0.1) is 0 Å². The summed E-state index contributed by atoms with van der Waals surface area (Å²) in [4.78, 5) is -2.54. The monoisotopic (exact) mass is 443 g/mol. The van der Waals surface area contributed by atoms with Gasteiger partial charge in [-0.2, -0.15) is 0 Å². The van der Waals surface area contributed by atoms with Gasteiger partial charge in [-0.3, -0.25) is 0 Å². The van der Waals surface area contributed by atoms with Crippen molar-refractivity contribution in [3.8, 4) is 0 Å². The Morgan fingerprint density at radius 1 is 0.667 bits per heavy atom. The Hall–Kier alpha value is 3.11. The summed E-state index contributed by atoms with van der Waals surface area (Å²) in [6, 6.07) is 0. The van der Waals surface area contributed by atoms with Gasteiger partial charge in [-0.15, -0.1) is 0 Å². The van der Waals surface area contributed by atoms with Crippen LogP contribution in [0.25, 0.3) is 0 Å². The first-order chi connectivity index (χ1) is 2.24. The second-order valence-electron chi connectivity index (χ2n) is 0.714. The van der Waals surface area contributed by atoms with Crippen LogP contribution in [-0.4, -0.2) is 0 Å². The van der Waals surface area contributed by atoms with Gasteiger partial charge in [-0.25, -0.2) is 0 Å². The molecule has 0 unspecified atom stereocenters. The van der Waals surface area contributed by atoms with Gasteiger partial charge in [0.25, 0.3) is 0 Å². The molecule has 0 saturated carbocycles. The molecule has 0 aliphatic rings. The first-order valence-electron chi connectivity index (χ1n) is 0.945. The Bertz CT molecular complexity index is 37.1. The van der Waals surface area contributed by atoms with Crippen LogP contribution >= 0.6 is 65.8 Å². The Kier molecular flexibility index (Phi) is 3.63. The van der Waals surface area contributed by atoms with Crippen LogP contribution in [0.3, 0.4) is 0 Å². The van der Waals surface area contributed by atoms with E-state index < -0.39 is 4.83 Å². The molecule has 39 valence electrons. The number of rotatable bonds is 0. The van der Waals surface area contributed by atoms with E-state index in [0.29, 0.717) is 0 Å². The van der Waals surface area contributed by atoms with E-state index in [-0.39, 0.29) is 0 Å². The summed E-state index contributed by atoms with van der Waals surface area (Å²) < 4.78 is 0. The summed E-state index contributed by atoms with van der Waals surface area (Å²) in [7, 11) is 0. The predicted octanol–water partition coefficient (Wildman–Crippen LogP) is 4.23. The molecule has 0 radical (unpaired) electrons. The van der Waals surface area contributed by atoms with Gasteiger partial charge in [0.1, 0.15) is 0 Å². The molecule has 6 heavy (non-hydrogen) atoms. The second kappa shape index (κ2) is 2.39. The van der Waals surface area contributed by atoms with E-state index in [1.165, 1.54) is 0 Å². The zero-order chi connectivity index (χ0) is 5.45. The van der Waals surface area contributed by atoms with E-state index in [9.17, 15) is 0 Å². The first kappa shape index (κ1) is 9.11. The molecular formula is Br5Ti. The SMILES string of the molecule is [Br][Ti]([Br])([Br])([Br])[Br].